The van der Waals surface area contributed by atoms with Crippen molar-refractivity contribution in [3.63, 3.8) is 0 Å². The Hall–Kier alpha value is -1.67. The Bertz CT molecular complexity index is 554. The summed E-state index contributed by atoms with van der Waals surface area (Å²) in [7, 11) is 0. The fraction of sp³-hybridized carbons (Fsp3) is 0.500. The fourth-order valence-electron chi connectivity index (χ4n) is 2.34. The molecule has 1 aliphatic heterocycles. The number of hydrogen-bond acceptors (Lipinski definition) is 3. The Morgan fingerprint density at radius 1 is 1.32 bits per heavy atom. The van der Waals surface area contributed by atoms with Crippen LogP contribution < -0.4 is 11.1 Å². The minimum Gasteiger partial charge on any atom is -0.381 e. The summed E-state index contributed by atoms with van der Waals surface area (Å²) >= 11 is 0. The van der Waals surface area contributed by atoms with Gasteiger partial charge in [0, 0.05) is 19.8 Å². The van der Waals surface area contributed by atoms with Gasteiger partial charge in [-0.1, -0.05) is 0 Å². The summed E-state index contributed by atoms with van der Waals surface area (Å²) in [5.74, 6) is -1.52. The summed E-state index contributed by atoms with van der Waals surface area (Å²) in [6.07, 6.45) is -3.93. The third-order valence-corrected chi connectivity index (χ3v) is 3.86. The predicted octanol–water partition coefficient (Wildman–Crippen LogP) is 2.54. The second-order valence-electron chi connectivity index (χ2n) is 5.24. The number of ether oxygens (including phenoxy) is 1. The van der Waals surface area contributed by atoms with E-state index >= 15 is 0 Å². The molecule has 0 saturated carbocycles. The van der Waals surface area contributed by atoms with E-state index in [4.69, 9.17) is 10.5 Å². The molecule has 8 heteroatoms. The maximum Gasteiger partial charge on any atom is 0.416 e. The molecular formula is C14H16F4N2O2. The van der Waals surface area contributed by atoms with Crippen LogP contribution in [0.4, 0.5) is 23.2 Å². The molecule has 1 aromatic carbocycles. The summed E-state index contributed by atoms with van der Waals surface area (Å²) in [5, 5.41) is 2.23. The van der Waals surface area contributed by atoms with Gasteiger partial charge in [-0.25, -0.2) is 4.39 Å². The van der Waals surface area contributed by atoms with Crippen LogP contribution >= 0.6 is 0 Å². The molecule has 122 valence electrons. The number of anilines is 1. The van der Waals surface area contributed by atoms with Crippen LogP contribution in [0.2, 0.25) is 0 Å². The first kappa shape index (κ1) is 16.7. The molecular weight excluding hydrogens is 304 g/mol. The van der Waals surface area contributed by atoms with E-state index in [0.717, 1.165) is 0 Å². The molecule has 1 amide bonds. The molecule has 22 heavy (non-hydrogen) atoms. The number of amides is 1. The largest absolute Gasteiger partial charge is 0.416 e. The van der Waals surface area contributed by atoms with Gasteiger partial charge in [0.25, 0.3) is 0 Å². The van der Waals surface area contributed by atoms with Crippen LogP contribution in [0, 0.1) is 11.2 Å². The lowest BCUT2D eigenvalue weighted by atomic mass is 9.79. The minimum absolute atomic E-state index is 0.0166. The van der Waals surface area contributed by atoms with E-state index in [1.807, 2.05) is 0 Å². The Kier molecular flexibility index (Phi) is 4.72. The normalized spacial score (nSPS) is 18.0. The number of benzene rings is 1. The van der Waals surface area contributed by atoms with Crippen molar-refractivity contribution < 1.29 is 27.1 Å². The van der Waals surface area contributed by atoms with Crippen molar-refractivity contribution in [2.24, 2.45) is 11.1 Å². The molecule has 4 nitrogen and oxygen atoms in total. The van der Waals surface area contributed by atoms with Gasteiger partial charge in [-0.2, -0.15) is 13.2 Å². The summed E-state index contributed by atoms with van der Waals surface area (Å²) in [5.41, 5.74) is 3.16. The van der Waals surface area contributed by atoms with Crippen LogP contribution in [-0.4, -0.2) is 25.7 Å². The average molecular weight is 320 g/mol. The van der Waals surface area contributed by atoms with E-state index in [9.17, 15) is 22.4 Å². The highest BCUT2D eigenvalue weighted by Crippen LogP contribution is 2.34. The molecule has 0 atom stereocenters. The van der Waals surface area contributed by atoms with E-state index in [-0.39, 0.29) is 6.54 Å². The van der Waals surface area contributed by atoms with Crippen molar-refractivity contribution in [1.29, 1.82) is 0 Å². The van der Waals surface area contributed by atoms with E-state index in [2.05, 4.69) is 5.32 Å². The minimum atomic E-state index is -4.61. The van der Waals surface area contributed by atoms with E-state index in [1.165, 1.54) is 0 Å². The van der Waals surface area contributed by atoms with Gasteiger partial charge in [0.2, 0.25) is 5.91 Å². The molecule has 1 aromatic rings. The van der Waals surface area contributed by atoms with Crippen molar-refractivity contribution >= 4 is 11.6 Å². The van der Waals surface area contributed by atoms with Gasteiger partial charge < -0.3 is 15.8 Å². The van der Waals surface area contributed by atoms with Crippen molar-refractivity contribution in [3.8, 4) is 0 Å². The van der Waals surface area contributed by atoms with Crippen molar-refractivity contribution in [2.75, 3.05) is 25.1 Å². The molecule has 0 radical (unpaired) electrons. The quantitative estimate of drug-likeness (QED) is 0.841. The molecule has 0 spiro atoms. The van der Waals surface area contributed by atoms with Crippen LogP contribution in [0.3, 0.4) is 0 Å². The SMILES string of the molecule is NCC1(C(=O)Nc2cc(C(F)(F)F)ccc2F)CCOCC1. The predicted molar refractivity (Wildman–Crippen MR) is 71.6 cm³/mol. The molecule has 3 N–H and O–H groups in total. The molecule has 1 heterocycles. The van der Waals surface area contributed by atoms with Gasteiger partial charge in [-0.05, 0) is 31.0 Å². The van der Waals surface area contributed by atoms with Crippen LogP contribution in [0.15, 0.2) is 18.2 Å². The Balaban J connectivity index is 2.24. The van der Waals surface area contributed by atoms with Crippen LogP contribution in [0.25, 0.3) is 0 Å². The van der Waals surface area contributed by atoms with Crippen molar-refractivity contribution in [3.05, 3.63) is 29.6 Å². The standard InChI is InChI=1S/C14H16F4N2O2/c15-10-2-1-9(14(16,17)18)7-11(10)20-12(21)13(8-19)3-5-22-6-4-13/h1-2,7H,3-6,8,19H2,(H,20,21). The number of nitrogens with two attached hydrogens (primary N) is 1. The van der Waals surface area contributed by atoms with Gasteiger partial charge in [0.1, 0.15) is 5.82 Å². The lowest BCUT2D eigenvalue weighted by Crippen LogP contribution is -2.46. The van der Waals surface area contributed by atoms with Gasteiger partial charge in [-0.15, -0.1) is 0 Å². The molecule has 1 aliphatic rings. The molecule has 0 aromatic heterocycles. The number of rotatable bonds is 3. The Labute approximate surface area is 124 Å². The summed E-state index contributed by atoms with van der Waals surface area (Å²) < 4.78 is 56.8. The molecule has 0 bridgehead atoms. The van der Waals surface area contributed by atoms with Gasteiger partial charge >= 0.3 is 6.18 Å². The number of halogens is 4. The molecule has 1 saturated heterocycles. The lowest BCUT2D eigenvalue weighted by molar-refractivity contribution is -0.137. The first-order valence-corrected chi connectivity index (χ1v) is 6.74. The van der Waals surface area contributed by atoms with Crippen molar-refractivity contribution in [2.45, 2.75) is 19.0 Å². The molecule has 0 aliphatic carbocycles. The third kappa shape index (κ3) is 3.38. The van der Waals surface area contributed by atoms with Crippen LogP contribution in [0.5, 0.6) is 0 Å². The zero-order valence-corrected chi connectivity index (χ0v) is 11.7. The summed E-state index contributed by atoms with van der Waals surface area (Å²) in [6.45, 7) is 0.675. The van der Waals surface area contributed by atoms with Crippen LogP contribution in [0.1, 0.15) is 18.4 Å². The molecule has 1 fully saturated rings. The third-order valence-electron chi connectivity index (χ3n) is 3.86. The maximum atomic E-state index is 13.7. The number of hydrogen-bond donors (Lipinski definition) is 2. The number of carbonyl (C=O) groups is 1. The topological polar surface area (TPSA) is 64.4 Å². The number of alkyl halides is 3. The van der Waals surface area contributed by atoms with E-state index in [1.54, 1.807) is 0 Å². The first-order chi connectivity index (χ1) is 10.3. The van der Waals surface area contributed by atoms with Crippen LogP contribution in [-0.2, 0) is 15.7 Å². The highest BCUT2D eigenvalue weighted by atomic mass is 19.4. The first-order valence-electron chi connectivity index (χ1n) is 6.74. The van der Waals surface area contributed by atoms with Gasteiger partial charge in [0.05, 0.1) is 16.7 Å². The molecule has 0 unspecified atom stereocenters. The smallest absolute Gasteiger partial charge is 0.381 e. The van der Waals surface area contributed by atoms with Gasteiger partial charge in [-0.3, -0.25) is 4.79 Å². The van der Waals surface area contributed by atoms with Gasteiger partial charge in [0.15, 0.2) is 0 Å². The zero-order valence-electron chi connectivity index (χ0n) is 11.7. The second kappa shape index (κ2) is 6.21. The Morgan fingerprint density at radius 3 is 2.50 bits per heavy atom. The monoisotopic (exact) mass is 320 g/mol. The highest BCUT2D eigenvalue weighted by Gasteiger charge is 2.39. The number of nitrogens with one attached hydrogen (secondary N) is 1. The summed E-state index contributed by atoms with van der Waals surface area (Å²) in [4.78, 5) is 12.3. The fourth-order valence-corrected chi connectivity index (χ4v) is 2.34. The van der Waals surface area contributed by atoms with Crippen molar-refractivity contribution in [1.82, 2.24) is 0 Å². The summed E-state index contributed by atoms with van der Waals surface area (Å²) in [6, 6.07) is 1.88. The maximum absolute atomic E-state index is 13.7. The Morgan fingerprint density at radius 2 is 1.95 bits per heavy atom. The van der Waals surface area contributed by atoms with E-state index in [0.29, 0.717) is 44.3 Å². The average Bonchev–Trinajstić information content (AvgIpc) is 2.49. The number of carbonyl (C=O) groups excluding carboxylic acids is 1. The zero-order chi connectivity index (χ0) is 16.4. The second-order valence-corrected chi connectivity index (χ2v) is 5.24. The molecule has 2 rings (SSSR count). The highest BCUT2D eigenvalue weighted by molar-refractivity contribution is 5.95. The van der Waals surface area contributed by atoms with E-state index < -0.39 is 34.6 Å². The lowest BCUT2D eigenvalue weighted by Gasteiger charge is -2.34.